The zero-order valence-electron chi connectivity index (χ0n) is 12.5. The lowest BCUT2D eigenvalue weighted by atomic mass is 9.94. The summed E-state index contributed by atoms with van der Waals surface area (Å²) in [6.07, 6.45) is 6.42. The summed E-state index contributed by atoms with van der Waals surface area (Å²) in [5, 5.41) is 2.92. The lowest BCUT2D eigenvalue weighted by Gasteiger charge is -2.26. The first-order chi connectivity index (χ1) is 10.2. The second kappa shape index (κ2) is 8.41. The van der Waals surface area contributed by atoms with Crippen LogP contribution in [0.1, 0.15) is 36.0 Å². The van der Waals surface area contributed by atoms with E-state index in [9.17, 15) is 4.79 Å². The minimum Gasteiger partial charge on any atom is -0.376 e. The van der Waals surface area contributed by atoms with Crippen LogP contribution in [-0.4, -0.2) is 37.5 Å². The van der Waals surface area contributed by atoms with Crippen LogP contribution in [0.5, 0.6) is 0 Å². The van der Waals surface area contributed by atoms with Crippen molar-refractivity contribution in [1.29, 1.82) is 0 Å². The Morgan fingerprint density at radius 1 is 1.33 bits per heavy atom. The number of ether oxygens (including phenoxy) is 1. The molecule has 1 saturated carbocycles. The zero-order chi connectivity index (χ0) is 15.1. The van der Waals surface area contributed by atoms with E-state index >= 15 is 0 Å². The first-order valence-corrected chi connectivity index (χ1v) is 8.71. The van der Waals surface area contributed by atoms with Gasteiger partial charge >= 0.3 is 0 Å². The highest BCUT2D eigenvalue weighted by molar-refractivity contribution is 7.98. The van der Waals surface area contributed by atoms with Crippen LogP contribution in [0.2, 0.25) is 0 Å². The standard InChI is InChI=1S/C16H24N2O2S/c1-21-15-5-3-2-4-14(15)16(19)18-10-11-20-13-8-6-12(17)7-9-13/h2-5,12-13H,6-11,17H2,1H3,(H,18,19). The molecule has 0 saturated heterocycles. The van der Waals surface area contributed by atoms with E-state index in [4.69, 9.17) is 10.5 Å². The maximum atomic E-state index is 12.1. The van der Waals surface area contributed by atoms with Crippen LogP contribution in [0.4, 0.5) is 0 Å². The minimum absolute atomic E-state index is 0.0331. The molecule has 0 atom stereocenters. The number of thioether (sulfide) groups is 1. The molecule has 1 aromatic rings. The summed E-state index contributed by atoms with van der Waals surface area (Å²) in [5.74, 6) is -0.0331. The molecule has 21 heavy (non-hydrogen) atoms. The first kappa shape index (κ1) is 16.3. The summed E-state index contributed by atoms with van der Waals surface area (Å²) in [6, 6.07) is 7.98. The van der Waals surface area contributed by atoms with Gasteiger partial charge in [0.15, 0.2) is 0 Å². The molecule has 4 nitrogen and oxygen atoms in total. The molecule has 1 aromatic carbocycles. The first-order valence-electron chi connectivity index (χ1n) is 7.49. The number of carbonyl (C=O) groups is 1. The van der Waals surface area contributed by atoms with E-state index < -0.39 is 0 Å². The normalized spacial score (nSPS) is 22.0. The van der Waals surface area contributed by atoms with Crippen LogP contribution >= 0.6 is 11.8 Å². The fourth-order valence-electron chi connectivity index (χ4n) is 2.57. The minimum atomic E-state index is -0.0331. The molecule has 0 spiro atoms. The Hall–Kier alpha value is -1.04. The largest absolute Gasteiger partial charge is 0.376 e. The quantitative estimate of drug-likeness (QED) is 0.626. The van der Waals surface area contributed by atoms with Gasteiger partial charge in [-0.1, -0.05) is 12.1 Å². The number of carbonyl (C=O) groups excluding carboxylic acids is 1. The van der Waals surface area contributed by atoms with E-state index in [2.05, 4.69) is 5.32 Å². The smallest absolute Gasteiger partial charge is 0.252 e. The summed E-state index contributed by atoms with van der Waals surface area (Å²) in [7, 11) is 0. The zero-order valence-corrected chi connectivity index (χ0v) is 13.3. The average molecular weight is 308 g/mol. The Bertz CT molecular complexity index is 459. The molecule has 0 aliphatic heterocycles. The van der Waals surface area contributed by atoms with Crippen LogP contribution in [0.25, 0.3) is 0 Å². The Labute approximate surface area is 130 Å². The summed E-state index contributed by atoms with van der Waals surface area (Å²) < 4.78 is 5.80. The molecule has 3 N–H and O–H groups in total. The number of rotatable bonds is 6. The van der Waals surface area contributed by atoms with Gasteiger partial charge in [0.1, 0.15) is 0 Å². The molecule has 0 bridgehead atoms. The van der Waals surface area contributed by atoms with E-state index in [-0.39, 0.29) is 5.91 Å². The molecule has 1 aliphatic carbocycles. The molecule has 1 fully saturated rings. The van der Waals surface area contributed by atoms with Crippen LogP contribution in [0, 0.1) is 0 Å². The van der Waals surface area contributed by atoms with Gasteiger partial charge in [0, 0.05) is 17.5 Å². The Balaban J connectivity index is 1.70. The van der Waals surface area contributed by atoms with Crippen LogP contribution in [0.15, 0.2) is 29.2 Å². The number of nitrogens with two attached hydrogens (primary N) is 1. The molecule has 116 valence electrons. The number of amides is 1. The maximum Gasteiger partial charge on any atom is 0.252 e. The predicted molar refractivity (Wildman–Crippen MR) is 86.7 cm³/mol. The van der Waals surface area contributed by atoms with Gasteiger partial charge in [-0.2, -0.15) is 0 Å². The van der Waals surface area contributed by atoms with E-state index in [0.717, 1.165) is 36.1 Å². The van der Waals surface area contributed by atoms with Gasteiger partial charge in [0.2, 0.25) is 0 Å². The van der Waals surface area contributed by atoms with E-state index in [1.807, 2.05) is 30.5 Å². The fourth-order valence-corrected chi connectivity index (χ4v) is 3.17. The summed E-state index contributed by atoms with van der Waals surface area (Å²) in [4.78, 5) is 13.1. The topological polar surface area (TPSA) is 64.3 Å². The van der Waals surface area contributed by atoms with Gasteiger partial charge in [-0.05, 0) is 44.1 Å². The number of benzene rings is 1. The van der Waals surface area contributed by atoms with Crippen LogP contribution in [0.3, 0.4) is 0 Å². The average Bonchev–Trinajstić information content (AvgIpc) is 2.53. The van der Waals surface area contributed by atoms with Crippen LogP contribution in [-0.2, 0) is 4.74 Å². The van der Waals surface area contributed by atoms with Crippen molar-refractivity contribution in [2.24, 2.45) is 5.73 Å². The predicted octanol–water partition coefficient (Wildman–Crippen LogP) is 2.42. The summed E-state index contributed by atoms with van der Waals surface area (Å²) >= 11 is 1.58. The van der Waals surface area contributed by atoms with Crippen molar-refractivity contribution in [2.45, 2.75) is 42.7 Å². The molecule has 0 heterocycles. The van der Waals surface area contributed by atoms with Crippen molar-refractivity contribution < 1.29 is 9.53 Å². The monoisotopic (exact) mass is 308 g/mol. The van der Waals surface area contributed by atoms with Crippen molar-refractivity contribution in [3.8, 4) is 0 Å². The van der Waals surface area contributed by atoms with Crippen molar-refractivity contribution in [2.75, 3.05) is 19.4 Å². The second-order valence-corrected chi connectivity index (χ2v) is 6.21. The third-order valence-electron chi connectivity index (χ3n) is 3.81. The highest BCUT2D eigenvalue weighted by atomic mass is 32.2. The van der Waals surface area contributed by atoms with E-state index in [1.165, 1.54) is 0 Å². The number of hydrogen-bond donors (Lipinski definition) is 2. The number of hydrogen-bond acceptors (Lipinski definition) is 4. The Morgan fingerprint density at radius 2 is 2.05 bits per heavy atom. The van der Waals surface area contributed by atoms with E-state index in [0.29, 0.717) is 25.3 Å². The van der Waals surface area contributed by atoms with Gasteiger partial charge in [-0.3, -0.25) is 4.79 Å². The lowest BCUT2D eigenvalue weighted by Crippen LogP contribution is -2.33. The molecule has 1 amide bonds. The summed E-state index contributed by atoms with van der Waals surface area (Å²) in [6.45, 7) is 1.11. The molecule has 0 unspecified atom stereocenters. The number of nitrogens with one attached hydrogen (secondary N) is 1. The molecular formula is C16H24N2O2S. The van der Waals surface area contributed by atoms with Gasteiger partial charge < -0.3 is 15.8 Å². The van der Waals surface area contributed by atoms with E-state index in [1.54, 1.807) is 11.8 Å². The van der Waals surface area contributed by atoms with Gasteiger partial charge in [-0.25, -0.2) is 0 Å². The van der Waals surface area contributed by atoms with Crippen LogP contribution < -0.4 is 11.1 Å². The highest BCUT2D eigenvalue weighted by Crippen LogP contribution is 2.20. The maximum absolute atomic E-state index is 12.1. The third kappa shape index (κ3) is 5.02. The Kier molecular flexibility index (Phi) is 6.54. The third-order valence-corrected chi connectivity index (χ3v) is 4.61. The van der Waals surface area contributed by atoms with Crippen molar-refractivity contribution in [3.05, 3.63) is 29.8 Å². The molecule has 0 radical (unpaired) electrons. The second-order valence-electron chi connectivity index (χ2n) is 5.36. The molecule has 0 aromatic heterocycles. The van der Waals surface area contributed by atoms with Crippen molar-refractivity contribution in [3.63, 3.8) is 0 Å². The lowest BCUT2D eigenvalue weighted by molar-refractivity contribution is 0.0267. The molecule has 1 aliphatic rings. The molecule has 5 heteroatoms. The molecular weight excluding hydrogens is 284 g/mol. The SMILES string of the molecule is CSc1ccccc1C(=O)NCCOC1CCC(N)CC1. The highest BCUT2D eigenvalue weighted by Gasteiger charge is 2.18. The van der Waals surface area contributed by atoms with Gasteiger partial charge in [0.25, 0.3) is 5.91 Å². The summed E-state index contributed by atoms with van der Waals surface area (Å²) in [5.41, 5.74) is 6.60. The Morgan fingerprint density at radius 3 is 2.76 bits per heavy atom. The molecule has 2 rings (SSSR count). The van der Waals surface area contributed by atoms with Crippen molar-refractivity contribution in [1.82, 2.24) is 5.32 Å². The fraction of sp³-hybridized carbons (Fsp3) is 0.562. The van der Waals surface area contributed by atoms with Gasteiger partial charge in [0.05, 0.1) is 18.3 Å². The van der Waals surface area contributed by atoms with Crippen molar-refractivity contribution >= 4 is 17.7 Å². The van der Waals surface area contributed by atoms with Gasteiger partial charge in [-0.15, -0.1) is 11.8 Å².